The first-order chi connectivity index (χ1) is 10.7. The van der Waals surface area contributed by atoms with Crippen LogP contribution in [0.4, 0.5) is 5.82 Å². The first kappa shape index (κ1) is 14.7. The molecule has 0 radical (unpaired) electrons. The van der Waals surface area contributed by atoms with E-state index in [4.69, 9.17) is 4.74 Å². The second kappa shape index (κ2) is 6.68. The van der Waals surface area contributed by atoms with Crippen LogP contribution in [0.3, 0.4) is 0 Å². The Labute approximate surface area is 130 Å². The number of aryl methyl sites for hydroxylation is 1. The number of rotatable bonds is 4. The normalized spacial score (nSPS) is 15.8. The Morgan fingerprint density at radius 2 is 1.95 bits per heavy atom. The van der Waals surface area contributed by atoms with Crippen LogP contribution in [-0.4, -0.2) is 39.6 Å². The maximum Gasteiger partial charge on any atom is 0.219 e. The fraction of sp³-hybridized carbons (Fsp3) is 0.500. The lowest BCUT2D eigenvalue weighted by Crippen LogP contribution is -2.36. The summed E-state index contributed by atoms with van der Waals surface area (Å²) in [6.07, 6.45) is 9.03. The van der Waals surface area contributed by atoms with Crippen molar-refractivity contribution in [1.82, 2.24) is 19.9 Å². The van der Waals surface area contributed by atoms with Gasteiger partial charge in [-0.1, -0.05) is 0 Å². The lowest BCUT2D eigenvalue weighted by atomic mass is 9.98. The van der Waals surface area contributed by atoms with Crippen molar-refractivity contribution in [3.8, 4) is 5.88 Å². The largest absolute Gasteiger partial charge is 0.477 e. The van der Waals surface area contributed by atoms with E-state index in [0.717, 1.165) is 43.0 Å². The third kappa shape index (κ3) is 3.32. The standard InChI is InChI=1S/C16H21N5O/c1-12-13(2)19-11-20-16(12)22-10-14-3-7-21(8-4-14)15-9-17-5-6-18-15/h5-6,9,11,14H,3-4,7-8,10H2,1-2H3. The molecule has 0 saturated carbocycles. The monoisotopic (exact) mass is 299 g/mol. The van der Waals surface area contributed by atoms with Crippen molar-refractivity contribution in [2.75, 3.05) is 24.6 Å². The first-order valence-corrected chi connectivity index (χ1v) is 7.66. The molecule has 0 atom stereocenters. The van der Waals surface area contributed by atoms with Crippen molar-refractivity contribution in [3.05, 3.63) is 36.2 Å². The molecule has 6 nitrogen and oxygen atoms in total. The zero-order valence-corrected chi connectivity index (χ0v) is 13.1. The smallest absolute Gasteiger partial charge is 0.219 e. The molecule has 1 fully saturated rings. The maximum absolute atomic E-state index is 5.90. The highest BCUT2D eigenvalue weighted by Crippen LogP contribution is 2.23. The zero-order chi connectivity index (χ0) is 15.4. The van der Waals surface area contributed by atoms with E-state index in [1.54, 1.807) is 18.7 Å². The Bertz CT molecular complexity index is 611. The molecule has 0 aromatic carbocycles. The van der Waals surface area contributed by atoms with Crippen LogP contribution in [0, 0.1) is 19.8 Å². The van der Waals surface area contributed by atoms with Gasteiger partial charge in [-0.25, -0.2) is 15.0 Å². The fourth-order valence-electron chi connectivity index (χ4n) is 2.64. The van der Waals surface area contributed by atoms with E-state index >= 15 is 0 Å². The van der Waals surface area contributed by atoms with Crippen LogP contribution in [0.5, 0.6) is 5.88 Å². The summed E-state index contributed by atoms with van der Waals surface area (Å²) in [5, 5.41) is 0. The van der Waals surface area contributed by atoms with Gasteiger partial charge >= 0.3 is 0 Å². The van der Waals surface area contributed by atoms with Gasteiger partial charge in [-0.15, -0.1) is 0 Å². The van der Waals surface area contributed by atoms with Crippen LogP contribution in [-0.2, 0) is 0 Å². The summed E-state index contributed by atoms with van der Waals surface area (Å²) in [6, 6.07) is 0. The van der Waals surface area contributed by atoms with Crippen LogP contribution < -0.4 is 9.64 Å². The zero-order valence-electron chi connectivity index (χ0n) is 13.1. The molecule has 0 spiro atoms. The SMILES string of the molecule is Cc1ncnc(OCC2CCN(c3cnccn3)CC2)c1C. The van der Waals surface area contributed by atoms with E-state index in [9.17, 15) is 0 Å². The summed E-state index contributed by atoms with van der Waals surface area (Å²) in [6.45, 7) is 6.68. The number of aromatic nitrogens is 4. The Kier molecular flexibility index (Phi) is 4.46. The predicted octanol–water partition coefficient (Wildman–Crippen LogP) is 2.18. The Morgan fingerprint density at radius 3 is 2.68 bits per heavy atom. The Hall–Kier alpha value is -2.24. The fourth-order valence-corrected chi connectivity index (χ4v) is 2.64. The number of hydrogen-bond donors (Lipinski definition) is 0. The van der Waals surface area contributed by atoms with Gasteiger partial charge in [-0.2, -0.15) is 0 Å². The predicted molar refractivity (Wildman–Crippen MR) is 84.0 cm³/mol. The molecule has 0 unspecified atom stereocenters. The quantitative estimate of drug-likeness (QED) is 0.862. The molecule has 0 aliphatic carbocycles. The Morgan fingerprint density at radius 1 is 1.14 bits per heavy atom. The van der Waals surface area contributed by atoms with E-state index in [1.165, 1.54) is 0 Å². The summed E-state index contributed by atoms with van der Waals surface area (Å²) in [5.74, 6) is 2.23. The molecule has 116 valence electrons. The third-order valence-corrected chi connectivity index (χ3v) is 4.23. The lowest BCUT2D eigenvalue weighted by Gasteiger charge is -2.32. The Balaban J connectivity index is 1.51. The molecule has 1 saturated heterocycles. The molecule has 0 bridgehead atoms. The average Bonchev–Trinajstić information content (AvgIpc) is 2.57. The summed E-state index contributed by atoms with van der Waals surface area (Å²) >= 11 is 0. The van der Waals surface area contributed by atoms with Crippen LogP contribution in [0.15, 0.2) is 24.9 Å². The molecule has 1 aliphatic rings. The molecule has 6 heteroatoms. The van der Waals surface area contributed by atoms with Gasteiger partial charge in [0, 0.05) is 36.7 Å². The molecular weight excluding hydrogens is 278 g/mol. The minimum Gasteiger partial charge on any atom is -0.477 e. The van der Waals surface area contributed by atoms with E-state index < -0.39 is 0 Å². The van der Waals surface area contributed by atoms with Crippen molar-refractivity contribution in [1.29, 1.82) is 0 Å². The second-order valence-corrected chi connectivity index (χ2v) is 5.69. The van der Waals surface area contributed by atoms with Crippen molar-refractivity contribution < 1.29 is 4.74 Å². The van der Waals surface area contributed by atoms with Crippen LogP contribution in [0.1, 0.15) is 24.1 Å². The van der Waals surface area contributed by atoms with E-state index in [-0.39, 0.29) is 0 Å². The third-order valence-electron chi connectivity index (χ3n) is 4.23. The van der Waals surface area contributed by atoms with E-state index in [1.807, 2.05) is 20.0 Å². The van der Waals surface area contributed by atoms with Gasteiger partial charge in [0.15, 0.2) is 0 Å². The molecule has 3 rings (SSSR count). The van der Waals surface area contributed by atoms with Gasteiger partial charge in [0.2, 0.25) is 5.88 Å². The molecule has 3 heterocycles. The van der Waals surface area contributed by atoms with Crippen molar-refractivity contribution in [3.63, 3.8) is 0 Å². The second-order valence-electron chi connectivity index (χ2n) is 5.69. The molecule has 22 heavy (non-hydrogen) atoms. The number of hydrogen-bond acceptors (Lipinski definition) is 6. The highest BCUT2D eigenvalue weighted by Gasteiger charge is 2.21. The molecule has 0 amide bonds. The highest BCUT2D eigenvalue weighted by molar-refractivity contribution is 5.35. The number of anilines is 1. The molecule has 2 aromatic rings. The maximum atomic E-state index is 5.90. The van der Waals surface area contributed by atoms with Gasteiger partial charge in [-0.3, -0.25) is 4.98 Å². The van der Waals surface area contributed by atoms with E-state index in [2.05, 4.69) is 24.8 Å². The number of piperidine rings is 1. The average molecular weight is 299 g/mol. The summed E-state index contributed by atoms with van der Waals surface area (Å²) in [4.78, 5) is 19.2. The topological polar surface area (TPSA) is 64.0 Å². The van der Waals surface area contributed by atoms with Crippen LogP contribution >= 0.6 is 0 Å². The van der Waals surface area contributed by atoms with Crippen LogP contribution in [0.2, 0.25) is 0 Å². The van der Waals surface area contributed by atoms with E-state index in [0.29, 0.717) is 18.4 Å². The minimum absolute atomic E-state index is 0.558. The lowest BCUT2D eigenvalue weighted by molar-refractivity contribution is 0.214. The molecule has 0 N–H and O–H groups in total. The number of ether oxygens (including phenoxy) is 1. The van der Waals surface area contributed by atoms with Gasteiger partial charge in [0.25, 0.3) is 0 Å². The molecular formula is C16H21N5O. The van der Waals surface area contributed by atoms with Gasteiger partial charge < -0.3 is 9.64 Å². The molecule has 1 aliphatic heterocycles. The summed E-state index contributed by atoms with van der Waals surface area (Å²) < 4.78 is 5.90. The molecule has 2 aromatic heterocycles. The number of nitrogens with zero attached hydrogens (tertiary/aromatic N) is 5. The highest BCUT2D eigenvalue weighted by atomic mass is 16.5. The van der Waals surface area contributed by atoms with Crippen molar-refractivity contribution >= 4 is 5.82 Å². The van der Waals surface area contributed by atoms with Gasteiger partial charge in [-0.05, 0) is 32.6 Å². The van der Waals surface area contributed by atoms with Crippen molar-refractivity contribution in [2.45, 2.75) is 26.7 Å². The van der Waals surface area contributed by atoms with Crippen LogP contribution in [0.25, 0.3) is 0 Å². The summed E-state index contributed by atoms with van der Waals surface area (Å²) in [5.41, 5.74) is 2.00. The van der Waals surface area contributed by atoms with Gasteiger partial charge in [0.05, 0.1) is 12.8 Å². The first-order valence-electron chi connectivity index (χ1n) is 7.66. The van der Waals surface area contributed by atoms with Gasteiger partial charge in [0.1, 0.15) is 12.1 Å². The minimum atomic E-state index is 0.558. The summed E-state index contributed by atoms with van der Waals surface area (Å²) in [7, 11) is 0. The van der Waals surface area contributed by atoms with Crippen molar-refractivity contribution in [2.24, 2.45) is 5.92 Å².